The van der Waals surface area contributed by atoms with Crippen LogP contribution < -0.4 is 5.69 Å². The van der Waals surface area contributed by atoms with Crippen LogP contribution >= 0.6 is 0 Å². The molecule has 2 aromatic rings. The van der Waals surface area contributed by atoms with Crippen LogP contribution in [0, 0.1) is 5.82 Å². The average molecular weight is 307 g/mol. The van der Waals surface area contributed by atoms with Crippen molar-refractivity contribution in [1.29, 1.82) is 0 Å². The lowest BCUT2D eigenvalue weighted by Gasteiger charge is -2.40. The monoisotopic (exact) mass is 307 g/mol. The third-order valence-corrected chi connectivity index (χ3v) is 3.56. The van der Waals surface area contributed by atoms with Gasteiger partial charge in [0.25, 0.3) is 0 Å². The normalized spacial score (nSPS) is 15.9. The van der Waals surface area contributed by atoms with E-state index in [1.807, 2.05) is 0 Å². The first-order chi connectivity index (χ1) is 10.2. The molecule has 0 aliphatic carbocycles. The number of imidazole rings is 1. The zero-order chi connectivity index (χ0) is 16.1. The summed E-state index contributed by atoms with van der Waals surface area (Å²) >= 11 is 0. The van der Waals surface area contributed by atoms with Crippen molar-refractivity contribution in [3.05, 3.63) is 34.5 Å². The van der Waals surface area contributed by atoms with Gasteiger partial charge < -0.3 is 14.6 Å². The number of hydrogen-bond acceptors (Lipinski definition) is 3. The van der Waals surface area contributed by atoms with Gasteiger partial charge in [0.2, 0.25) is 0 Å². The van der Waals surface area contributed by atoms with Crippen molar-refractivity contribution in [2.75, 3.05) is 13.1 Å². The Kier molecular flexibility index (Phi) is 3.23. The molecule has 1 aliphatic rings. The maximum absolute atomic E-state index is 13.2. The second-order valence-electron chi connectivity index (χ2n) is 6.50. The molecule has 118 valence electrons. The highest BCUT2D eigenvalue weighted by Crippen LogP contribution is 2.25. The number of nitrogens with one attached hydrogen (secondary N) is 1. The second-order valence-corrected chi connectivity index (χ2v) is 6.50. The summed E-state index contributed by atoms with van der Waals surface area (Å²) in [4.78, 5) is 28.1. The van der Waals surface area contributed by atoms with Crippen molar-refractivity contribution in [3.63, 3.8) is 0 Å². The first-order valence-corrected chi connectivity index (χ1v) is 7.12. The van der Waals surface area contributed by atoms with E-state index in [4.69, 9.17) is 4.74 Å². The zero-order valence-corrected chi connectivity index (χ0v) is 12.7. The smallest absolute Gasteiger partial charge is 0.410 e. The molecule has 1 aliphatic heterocycles. The molecule has 0 bridgehead atoms. The molecule has 1 fully saturated rings. The first-order valence-electron chi connectivity index (χ1n) is 7.12. The highest BCUT2D eigenvalue weighted by molar-refractivity contribution is 5.76. The minimum atomic E-state index is -0.544. The number of ether oxygens (including phenoxy) is 1. The number of fused-ring (bicyclic) bond motifs is 1. The average Bonchev–Trinajstić information content (AvgIpc) is 2.61. The molecule has 0 saturated carbocycles. The van der Waals surface area contributed by atoms with Crippen molar-refractivity contribution in [2.24, 2.45) is 0 Å². The number of hydrogen-bond donors (Lipinski definition) is 1. The fourth-order valence-corrected chi connectivity index (χ4v) is 2.56. The van der Waals surface area contributed by atoms with E-state index >= 15 is 0 Å². The molecule has 22 heavy (non-hydrogen) atoms. The number of nitrogens with zero attached hydrogens (tertiary/aromatic N) is 2. The van der Waals surface area contributed by atoms with Gasteiger partial charge in [-0.05, 0) is 39.0 Å². The number of rotatable bonds is 1. The van der Waals surface area contributed by atoms with Crippen LogP contribution in [0.1, 0.15) is 26.8 Å². The third-order valence-electron chi connectivity index (χ3n) is 3.56. The van der Waals surface area contributed by atoms with Crippen molar-refractivity contribution < 1.29 is 13.9 Å². The Morgan fingerprint density at radius 3 is 2.68 bits per heavy atom. The molecule has 1 N–H and O–H groups in total. The number of likely N-dealkylation sites (tertiary alicyclic amines) is 1. The molecule has 1 aromatic heterocycles. The fraction of sp³-hybridized carbons (Fsp3) is 0.467. The van der Waals surface area contributed by atoms with Gasteiger partial charge in [-0.25, -0.2) is 14.0 Å². The van der Waals surface area contributed by atoms with E-state index in [1.165, 1.54) is 12.1 Å². The molecule has 0 radical (unpaired) electrons. The van der Waals surface area contributed by atoms with Crippen LogP contribution in [0.5, 0.6) is 0 Å². The first kappa shape index (κ1) is 14.6. The quantitative estimate of drug-likeness (QED) is 0.878. The topological polar surface area (TPSA) is 67.3 Å². The Balaban J connectivity index is 1.77. The molecule has 1 amide bonds. The predicted octanol–water partition coefficient (Wildman–Crippen LogP) is 2.26. The van der Waals surface area contributed by atoms with Gasteiger partial charge >= 0.3 is 11.8 Å². The van der Waals surface area contributed by atoms with Gasteiger partial charge in [0.05, 0.1) is 17.1 Å². The lowest BCUT2D eigenvalue weighted by Crippen LogP contribution is -2.53. The Morgan fingerprint density at radius 2 is 2.05 bits per heavy atom. The summed E-state index contributed by atoms with van der Waals surface area (Å²) in [6, 6.07) is 4.05. The summed E-state index contributed by atoms with van der Waals surface area (Å²) in [7, 11) is 0. The molecular weight excluding hydrogens is 289 g/mol. The van der Waals surface area contributed by atoms with E-state index in [0.717, 1.165) is 0 Å². The Morgan fingerprint density at radius 1 is 1.36 bits per heavy atom. The van der Waals surface area contributed by atoms with Crippen LogP contribution in [-0.4, -0.2) is 39.2 Å². The lowest BCUT2D eigenvalue weighted by atomic mass is 10.1. The van der Waals surface area contributed by atoms with E-state index in [-0.39, 0.29) is 17.8 Å². The summed E-state index contributed by atoms with van der Waals surface area (Å²) in [5, 5.41) is 0. The van der Waals surface area contributed by atoms with Crippen molar-refractivity contribution in [3.8, 4) is 0 Å². The number of carbonyl (C=O) groups is 1. The largest absolute Gasteiger partial charge is 0.444 e. The van der Waals surface area contributed by atoms with Crippen molar-refractivity contribution in [1.82, 2.24) is 14.5 Å². The molecule has 1 aromatic carbocycles. The zero-order valence-electron chi connectivity index (χ0n) is 12.7. The summed E-state index contributed by atoms with van der Waals surface area (Å²) in [6.45, 7) is 6.22. The number of H-pyrrole nitrogens is 1. The van der Waals surface area contributed by atoms with E-state index in [9.17, 15) is 14.0 Å². The molecular formula is C15H18FN3O3. The summed E-state index contributed by atoms with van der Waals surface area (Å²) in [5.41, 5.74) is 0.257. The van der Waals surface area contributed by atoms with Crippen LogP contribution in [-0.2, 0) is 4.74 Å². The van der Waals surface area contributed by atoms with E-state index in [0.29, 0.717) is 24.1 Å². The minimum absolute atomic E-state index is 0.126. The highest BCUT2D eigenvalue weighted by Gasteiger charge is 2.36. The second kappa shape index (κ2) is 4.86. The van der Waals surface area contributed by atoms with Gasteiger partial charge in [0.15, 0.2) is 0 Å². The number of amides is 1. The Labute approximate surface area is 126 Å². The third kappa shape index (κ3) is 2.58. The van der Waals surface area contributed by atoms with Gasteiger partial charge in [0.1, 0.15) is 11.4 Å². The predicted molar refractivity (Wildman–Crippen MR) is 79.4 cm³/mol. The summed E-state index contributed by atoms with van der Waals surface area (Å²) in [5.74, 6) is -0.398. The number of aromatic nitrogens is 2. The Bertz CT molecular complexity index is 781. The van der Waals surface area contributed by atoms with Crippen LogP contribution in [0.4, 0.5) is 9.18 Å². The van der Waals surface area contributed by atoms with Crippen LogP contribution in [0.15, 0.2) is 23.0 Å². The maximum Gasteiger partial charge on any atom is 0.410 e. The van der Waals surface area contributed by atoms with Gasteiger partial charge in [-0.1, -0.05) is 0 Å². The maximum atomic E-state index is 13.2. The van der Waals surface area contributed by atoms with Gasteiger partial charge in [0, 0.05) is 13.1 Å². The molecule has 3 rings (SSSR count). The molecule has 2 heterocycles. The number of carbonyl (C=O) groups excluding carboxylic acids is 1. The highest BCUT2D eigenvalue weighted by atomic mass is 19.1. The van der Waals surface area contributed by atoms with Crippen LogP contribution in [0.3, 0.4) is 0 Å². The number of aromatic amines is 1. The molecule has 1 saturated heterocycles. The minimum Gasteiger partial charge on any atom is -0.444 e. The molecule has 7 heteroatoms. The van der Waals surface area contributed by atoms with Gasteiger partial charge in [-0.3, -0.25) is 4.57 Å². The number of benzene rings is 1. The van der Waals surface area contributed by atoms with Crippen molar-refractivity contribution in [2.45, 2.75) is 32.4 Å². The van der Waals surface area contributed by atoms with Crippen molar-refractivity contribution >= 4 is 17.1 Å². The molecule has 6 nitrogen and oxygen atoms in total. The Hall–Kier alpha value is -2.31. The van der Waals surface area contributed by atoms with Gasteiger partial charge in [-0.2, -0.15) is 0 Å². The van der Waals surface area contributed by atoms with Crippen LogP contribution in [0.25, 0.3) is 11.0 Å². The molecule has 0 spiro atoms. The summed E-state index contributed by atoms with van der Waals surface area (Å²) in [6.07, 6.45) is -0.386. The van der Waals surface area contributed by atoms with E-state index in [1.54, 1.807) is 36.3 Å². The summed E-state index contributed by atoms with van der Waals surface area (Å²) < 4.78 is 20.0. The van der Waals surface area contributed by atoms with E-state index < -0.39 is 11.4 Å². The lowest BCUT2D eigenvalue weighted by molar-refractivity contribution is 0.00116. The number of halogens is 1. The SMILES string of the molecule is CC(C)(C)OC(=O)N1CC(n2c(=O)[nH]c3cc(F)ccc32)C1. The fourth-order valence-electron chi connectivity index (χ4n) is 2.56. The standard InChI is InChI=1S/C15H18FN3O3/c1-15(2,3)22-14(21)18-7-10(8-18)19-12-5-4-9(16)6-11(12)17-13(19)20/h4-6,10H,7-8H2,1-3H3,(H,17,20). The van der Waals surface area contributed by atoms with Gasteiger partial charge in [-0.15, -0.1) is 0 Å². The molecule has 0 atom stereocenters. The van der Waals surface area contributed by atoms with E-state index in [2.05, 4.69) is 4.98 Å². The molecule has 0 unspecified atom stereocenters. The van der Waals surface area contributed by atoms with Crippen LogP contribution in [0.2, 0.25) is 0 Å².